The topological polar surface area (TPSA) is 57.3 Å². The Hall–Kier alpha value is -1.92. The van der Waals surface area contributed by atoms with Crippen LogP contribution in [0.25, 0.3) is 0 Å². The van der Waals surface area contributed by atoms with Gasteiger partial charge in [-0.15, -0.1) is 11.3 Å². The molecule has 24 heavy (non-hydrogen) atoms. The number of urea groups is 1. The van der Waals surface area contributed by atoms with E-state index in [0.29, 0.717) is 5.92 Å². The van der Waals surface area contributed by atoms with Crippen molar-refractivity contribution in [1.29, 1.82) is 0 Å². The Morgan fingerprint density at radius 1 is 1.38 bits per heavy atom. The van der Waals surface area contributed by atoms with Crippen molar-refractivity contribution in [1.82, 2.24) is 15.2 Å². The fourth-order valence-corrected chi connectivity index (χ4v) is 3.73. The van der Waals surface area contributed by atoms with Crippen LogP contribution in [0, 0.1) is 12.8 Å². The molecule has 0 aromatic carbocycles. The van der Waals surface area contributed by atoms with Gasteiger partial charge in [-0.05, 0) is 61.8 Å². The lowest BCUT2D eigenvalue weighted by Crippen LogP contribution is -2.39. The van der Waals surface area contributed by atoms with Crippen LogP contribution in [0.3, 0.4) is 0 Å². The first-order valence-electron chi connectivity index (χ1n) is 8.41. The summed E-state index contributed by atoms with van der Waals surface area (Å²) in [5.41, 5.74) is 1.78. The molecule has 2 aromatic rings. The van der Waals surface area contributed by atoms with Crippen LogP contribution in [0.4, 0.5) is 10.5 Å². The van der Waals surface area contributed by atoms with E-state index in [2.05, 4.69) is 38.0 Å². The fraction of sp³-hybridized carbons (Fsp3) is 0.444. The van der Waals surface area contributed by atoms with Crippen molar-refractivity contribution in [2.75, 3.05) is 25.0 Å². The zero-order valence-corrected chi connectivity index (χ0v) is 14.8. The minimum Gasteiger partial charge on any atom is -0.338 e. The summed E-state index contributed by atoms with van der Waals surface area (Å²) in [6, 6.07) is 5.99. The highest BCUT2D eigenvalue weighted by Gasteiger charge is 2.20. The highest BCUT2D eigenvalue weighted by atomic mass is 32.1. The molecular formula is C18H24N4OS. The minimum absolute atomic E-state index is 0.134. The van der Waals surface area contributed by atoms with E-state index < -0.39 is 0 Å². The van der Waals surface area contributed by atoms with Gasteiger partial charge in [-0.25, -0.2) is 4.79 Å². The third-order valence-corrected chi connectivity index (χ3v) is 5.35. The van der Waals surface area contributed by atoms with Crippen LogP contribution >= 0.6 is 11.3 Å². The molecule has 1 aliphatic heterocycles. The van der Waals surface area contributed by atoms with Crippen molar-refractivity contribution < 1.29 is 4.79 Å². The molecule has 2 amide bonds. The number of aryl methyl sites for hydroxylation is 1. The molecular weight excluding hydrogens is 320 g/mol. The average molecular weight is 344 g/mol. The Kier molecular flexibility index (Phi) is 5.82. The summed E-state index contributed by atoms with van der Waals surface area (Å²) < 4.78 is 0. The maximum atomic E-state index is 12.0. The summed E-state index contributed by atoms with van der Waals surface area (Å²) in [4.78, 5) is 20.0. The van der Waals surface area contributed by atoms with E-state index in [1.165, 1.54) is 4.88 Å². The maximum Gasteiger partial charge on any atom is 0.319 e. The molecule has 0 spiro atoms. The van der Waals surface area contributed by atoms with Gasteiger partial charge in [0, 0.05) is 36.0 Å². The molecule has 2 aromatic heterocycles. The summed E-state index contributed by atoms with van der Waals surface area (Å²) in [5, 5.41) is 8.02. The highest BCUT2D eigenvalue weighted by molar-refractivity contribution is 7.09. The number of hydrogen-bond acceptors (Lipinski definition) is 4. The first-order chi connectivity index (χ1) is 11.7. The normalized spacial score (nSPS) is 16.0. The van der Waals surface area contributed by atoms with Crippen molar-refractivity contribution >= 4 is 23.1 Å². The number of pyridine rings is 1. The van der Waals surface area contributed by atoms with Crippen LogP contribution in [-0.4, -0.2) is 35.5 Å². The second-order valence-electron chi connectivity index (χ2n) is 6.32. The van der Waals surface area contributed by atoms with Crippen LogP contribution in [0.5, 0.6) is 0 Å². The molecule has 1 fully saturated rings. The minimum atomic E-state index is -0.134. The number of piperidine rings is 1. The Morgan fingerprint density at radius 3 is 2.92 bits per heavy atom. The molecule has 0 radical (unpaired) electrons. The van der Waals surface area contributed by atoms with Crippen LogP contribution in [0.2, 0.25) is 0 Å². The van der Waals surface area contributed by atoms with Gasteiger partial charge in [0.1, 0.15) is 0 Å². The van der Waals surface area contributed by atoms with Crippen molar-refractivity contribution in [3.63, 3.8) is 0 Å². The van der Waals surface area contributed by atoms with Crippen LogP contribution < -0.4 is 10.6 Å². The number of nitrogens with one attached hydrogen (secondary N) is 2. The zero-order valence-electron chi connectivity index (χ0n) is 14.0. The molecule has 3 rings (SSSR count). The lowest BCUT2D eigenvalue weighted by Gasteiger charge is -2.31. The van der Waals surface area contributed by atoms with Gasteiger partial charge >= 0.3 is 6.03 Å². The third-order valence-electron chi connectivity index (χ3n) is 4.49. The summed E-state index contributed by atoms with van der Waals surface area (Å²) in [6.07, 6.45) is 5.71. The molecule has 1 aliphatic rings. The number of amides is 2. The molecule has 5 nitrogen and oxygen atoms in total. The predicted molar refractivity (Wildman–Crippen MR) is 98.3 cm³/mol. The molecule has 3 heterocycles. The quantitative estimate of drug-likeness (QED) is 0.873. The maximum absolute atomic E-state index is 12.0. The van der Waals surface area contributed by atoms with Crippen molar-refractivity contribution in [2.45, 2.75) is 26.3 Å². The molecule has 1 saturated heterocycles. The van der Waals surface area contributed by atoms with Crippen molar-refractivity contribution in [3.05, 3.63) is 46.4 Å². The first-order valence-corrected chi connectivity index (χ1v) is 9.29. The average Bonchev–Trinajstić information content (AvgIpc) is 3.09. The molecule has 128 valence electrons. The lowest BCUT2D eigenvalue weighted by atomic mass is 9.97. The van der Waals surface area contributed by atoms with Gasteiger partial charge in [0.05, 0.1) is 0 Å². The highest BCUT2D eigenvalue weighted by Crippen LogP contribution is 2.20. The first kappa shape index (κ1) is 16.9. The number of rotatable bonds is 5. The van der Waals surface area contributed by atoms with Crippen LogP contribution in [0.15, 0.2) is 36.0 Å². The van der Waals surface area contributed by atoms with Gasteiger partial charge in [-0.1, -0.05) is 6.07 Å². The fourth-order valence-electron chi connectivity index (χ4n) is 2.99. The SMILES string of the molecule is Cc1cnccc1NC(=O)NCC1CCN(Cc2cccs2)CC1. The number of aromatic nitrogens is 1. The summed E-state index contributed by atoms with van der Waals surface area (Å²) >= 11 is 1.82. The molecule has 0 aliphatic carbocycles. The Labute approximate surface area is 147 Å². The van der Waals surface area contributed by atoms with E-state index in [1.54, 1.807) is 12.4 Å². The molecule has 0 unspecified atom stereocenters. The van der Waals surface area contributed by atoms with Crippen molar-refractivity contribution in [3.8, 4) is 0 Å². The van der Waals surface area contributed by atoms with E-state index >= 15 is 0 Å². The van der Waals surface area contributed by atoms with Gasteiger partial charge in [0.25, 0.3) is 0 Å². The summed E-state index contributed by atoms with van der Waals surface area (Å²) in [5.74, 6) is 0.564. The van der Waals surface area contributed by atoms with Crippen molar-refractivity contribution in [2.24, 2.45) is 5.92 Å². The lowest BCUT2D eigenvalue weighted by molar-refractivity contribution is 0.177. The smallest absolute Gasteiger partial charge is 0.319 e. The van der Waals surface area contributed by atoms with Crippen LogP contribution in [-0.2, 0) is 6.54 Å². The summed E-state index contributed by atoms with van der Waals surface area (Å²) in [6.45, 7) is 5.94. The number of thiophene rings is 1. The number of likely N-dealkylation sites (tertiary alicyclic amines) is 1. The predicted octanol–water partition coefficient (Wildman–Crippen LogP) is 3.49. The number of anilines is 1. The van der Waals surface area contributed by atoms with E-state index in [4.69, 9.17) is 0 Å². The van der Waals surface area contributed by atoms with Crippen LogP contribution in [0.1, 0.15) is 23.3 Å². The molecule has 2 N–H and O–H groups in total. The number of nitrogens with zero attached hydrogens (tertiary/aromatic N) is 2. The molecule has 0 atom stereocenters. The standard InChI is InChI=1S/C18H24N4OS/c1-14-11-19-7-4-17(14)21-18(23)20-12-15-5-8-22(9-6-15)13-16-3-2-10-24-16/h2-4,7,10-11,15H,5-6,8-9,12-13H2,1H3,(H2,19,20,21,23). The Bertz CT molecular complexity index is 651. The summed E-state index contributed by atoms with van der Waals surface area (Å²) in [7, 11) is 0. The van der Waals surface area contributed by atoms with E-state index in [-0.39, 0.29) is 6.03 Å². The second-order valence-corrected chi connectivity index (χ2v) is 7.36. The van der Waals surface area contributed by atoms with E-state index in [9.17, 15) is 4.79 Å². The Morgan fingerprint density at radius 2 is 2.21 bits per heavy atom. The number of hydrogen-bond donors (Lipinski definition) is 2. The third kappa shape index (κ3) is 4.79. The van der Waals surface area contributed by atoms with E-state index in [0.717, 1.165) is 50.3 Å². The Balaban J connectivity index is 1.37. The molecule has 6 heteroatoms. The number of carbonyl (C=O) groups is 1. The largest absolute Gasteiger partial charge is 0.338 e. The monoisotopic (exact) mass is 344 g/mol. The molecule has 0 bridgehead atoms. The molecule has 0 saturated carbocycles. The second kappa shape index (κ2) is 8.26. The van der Waals surface area contributed by atoms with Gasteiger partial charge < -0.3 is 10.6 Å². The van der Waals surface area contributed by atoms with Gasteiger partial charge in [-0.2, -0.15) is 0 Å². The number of carbonyl (C=O) groups excluding carboxylic acids is 1. The van der Waals surface area contributed by atoms with Gasteiger partial charge in [0.15, 0.2) is 0 Å². The van der Waals surface area contributed by atoms with Gasteiger partial charge in [-0.3, -0.25) is 9.88 Å². The zero-order chi connectivity index (χ0) is 16.8. The van der Waals surface area contributed by atoms with E-state index in [1.807, 2.05) is 24.3 Å². The van der Waals surface area contributed by atoms with Gasteiger partial charge in [0.2, 0.25) is 0 Å².